The number of rotatable bonds is 6. The Bertz CT molecular complexity index is 1050. The predicted molar refractivity (Wildman–Crippen MR) is 112 cm³/mol. The van der Waals surface area contributed by atoms with Crippen molar-refractivity contribution in [2.75, 3.05) is 0 Å². The van der Waals surface area contributed by atoms with Crippen LogP contribution in [0.2, 0.25) is 0 Å². The highest BCUT2D eigenvalue weighted by molar-refractivity contribution is 5.82. The van der Waals surface area contributed by atoms with E-state index in [1.165, 1.54) is 6.20 Å². The molecular weight excluding hydrogens is 378 g/mol. The summed E-state index contributed by atoms with van der Waals surface area (Å²) in [5.74, 6) is 0. The average Bonchev–Trinajstić information content (AvgIpc) is 2.84. The van der Waals surface area contributed by atoms with Crippen molar-refractivity contribution in [2.45, 2.75) is 0 Å². The molecule has 0 bridgehead atoms. The fourth-order valence-corrected chi connectivity index (χ4v) is 3.05. The van der Waals surface area contributed by atoms with E-state index in [9.17, 15) is 14.4 Å². The summed E-state index contributed by atoms with van der Waals surface area (Å²) in [5.41, 5.74) is 6.21. The van der Waals surface area contributed by atoms with Crippen molar-refractivity contribution in [3.05, 3.63) is 90.1 Å². The van der Waals surface area contributed by atoms with E-state index in [2.05, 4.69) is 15.0 Å². The van der Waals surface area contributed by atoms with Gasteiger partial charge in [0.15, 0.2) is 18.9 Å². The van der Waals surface area contributed by atoms with E-state index in [0.29, 0.717) is 35.2 Å². The monoisotopic (exact) mass is 393 g/mol. The molecule has 4 aromatic rings. The molecule has 144 valence electrons. The minimum atomic E-state index is 0.356. The zero-order chi connectivity index (χ0) is 20.9. The maximum atomic E-state index is 10.9. The van der Waals surface area contributed by atoms with Gasteiger partial charge in [0.05, 0.1) is 5.69 Å². The third-order valence-electron chi connectivity index (χ3n) is 4.63. The van der Waals surface area contributed by atoms with Crippen molar-refractivity contribution < 1.29 is 14.4 Å². The molecule has 0 spiro atoms. The van der Waals surface area contributed by atoms with Gasteiger partial charge in [-0.25, -0.2) is 0 Å². The second kappa shape index (κ2) is 8.36. The Balaban J connectivity index is 1.86. The van der Waals surface area contributed by atoms with Gasteiger partial charge in [-0.05, 0) is 53.6 Å². The maximum Gasteiger partial charge on any atom is 0.168 e. The number of carbonyl (C=O) groups excluding carboxylic acids is 3. The third kappa shape index (κ3) is 3.93. The first-order valence-corrected chi connectivity index (χ1v) is 9.10. The number of pyridine rings is 3. The van der Waals surface area contributed by atoms with Crippen LogP contribution in [0.25, 0.3) is 33.5 Å². The topological polar surface area (TPSA) is 89.9 Å². The average molecular weight is 393 g/mol. The van der Waals surface area contributed by atoms with Crippen molar-refractivity contribution in [3.63, 3.8) is 0 Å². The van der Waals surface area contributed by atoms with Gasteiger partial charge in [0.25, 0.3) is 0 Å². The van der Waals surface area contributed by atoms with Gasteiger partial charge in [0.2, 0.25) is 0 Å². The standard InChI is InChI=1S/C24H15N3O3/c28-13-16-1-6-24(27-10-16)21-8-19(17-2-4-22(14-29)25-11-17)7-20(9-21)18-3-5-23(15-30)26-12-18/h1-15H. The van der Waals surface area contributed by atoms with Gasteiger partial charge in [-0.3, -0.25) is 29.3 Å². The Hall–Kier alpha value is -4.32. The molecule has 30 heavy (non-hydrogen) atoms. The van der Waals surface area contributed by atoms with Crippen LogP contribution in [0.5, 0.6) is 0 Å². The van der Waals surface area contributed by atoms with Crippen LogP contribution in [0, 0.1) is 0 Å². The smallest absolute Gasteiger partial charge is 0.168 e. The Morgan fingerprint density at radius 3 is 1.47 bits per heavy atom. The summed E-state index contributed by atoms with van der Waals surface area (Å²) < 4.78 is 0. The van der Waals surface area contributed by atoms with Crippen LogP contribution < -0.4 is 0 Å². The molecule has 0 aliphatic rings. The second-order valence-electron chi connectivity index (χ2n) is 6.57. The van der Waals surface area contributed by atoms with Gasteiger partial charge in [-0.1, -0.05) is 12.1 Å². The summed E-state index contributed by atoms with van der Waals surface area (Å²) in [7, 11) is 0. The molecule has 0 radical (unpaired) electrons. The number of aldehydes is 3. The SMILES string of the molecule is O=Cc1ccc(-c2cc(-c3ccc(C=O)nc3)cc(-c3ccc(C=O)nc3)c2)nc1. The lowest BCUT2D eigenvalue weighted by atomic mass is 9.96. The molecule has 1 aromatic carbocycles. The molecule has 0 aliphatic carbocycles. The highest BCUT2D eigenvalue weighted by Gasteiger charge is 2.09. The molecule has 3 aromatic heterocycles. The van der Waals surface area contributed by atoms with Crippen molar-refractivity contribution in [2.24, 2.45) is 0 Å². The van der Waals surface area contributed by atoms with Crippen molar-refractivity contribution in [1.82, 2.24) is 15.0 Å². The highest BCUT2D eigenvalue weighted by Crippen LogP contribution is 2.32. The molecule has 0 saturated carbocycles. The fourth-order valence-electron chi connectivity index (χ4n) is 3.05. The van der Waals surface area contributed by atoms with Gasteiger partial charge >= 0.3 is 0 Å². The maximum absolute atomic E-state index is 10.9. The Labute approximate surface area is 172 Å². The predicted octanol–water partition coefficient (Wildman–Crippen LogP) is 4.31. The highest BCUT2D eigenvalue weighted by atomic mass is 16.1. The van der Waals surface area contributed by atoms with Crippen LogP contribution in [0.4, 0.5) is 0 Å². The molecule has 0 aliphatic heterocycles. The summed E-state index contributed by atoms with van der Waals surface area (Å²) >= 11 is 0. The number of aromatic nitrogens is 3. The van der Waals surface area contributed by atoms with Crippen molar-refractivity contribution in [3.8, 4) is 33.5 Å². The number of nitrogens with zero attached hydrogens (tertiary/aromatic N) is 3. The van der Waals surface area contributed by atoms with Gasteiger partial charge in [0.1, 0.15) is 11.4 Å². The number of hydrogen-bond donors (Lipinski definition) is 0. The summed E-state index contributed by atoms with van der Waals surface area (Å²) in [6.45, 7) is 0. The van der Waals surface area contributed by atoms with E-state index in [0.717, 1.165) is 34.1 Å². The first kappa shape index (κ1) is 19.0. The van der Waals surface area contributed by atoms with Gasteiger partial charge < -0.3 is 0 Å². The van der Waals surface area contributed by atoms with Crippen LogP contribution in [0.15, 0.2) is 73.2 Å². The summed E-state index contributed by atoms with van der Waals surface area (Å²) in [6.07, 6.45) is 6.95. The van der Waals surface area contributed by atoms with E-state index in [4.69, 9.17) is 0 Å². The molecule has 0 unspecified atom stereocenters. The Morgan fingerprint density at radius 2 is 1.07 bits per heavy atom. The van der Waals surface area contributed by atoms with Gasteiger partial charge in [-0.15, -0.1) is 0 Å². The Kier molecular flexibility index (Phi) is 5.30. The van der Waals surface area contributed by atoms with E-state index in [1.54, 1.807) is 36.7 Å². The van der Waals surface area contributed by atoms with E-state index < -0.39 is 0 Å². The quantitative estimate of drug-likeness (QED) is 0.454. The minimum absolute atomic E-state index is 0.356. The number of benzene rings is 1. The first-order chi connectivity index (χ1) is 14.7. The summed E-state index contributed by atoms with van der Waals surface area (Å²) in [5, 5.41) is 0. The second-order valence-corrected chi connectivity index (χ2v) is 6.57. The first-order valence-electron chi connectivity index (χ1n) is 9.10. The molecule has 0 saturated heterocycles. The van der Waals surface area contributed by atoms with Crippen LogP contribution in [-0.2, 0) is 0 Å². The molecule has 6 nitrogen and oxygen atoms in total. The van der Waals surface area contributed by atoms with Gasteiger partial charge in [-0.2, -0.15) is 0 Å². The molecule has 0 fully saturated rings. The van der Waals surface area contributed by atoms with Crippen LogP contribution in [-0.4, -0.2) is 33.8 Å². The molecule has 0 amide bonds. The largest absolute Gasteiger partial charge is 0.298 e. The van der Waals surface area contributed by atoms with Crippen LogP contribution in [0.3, 0.4) is 0 Å². The van der Waals surface area contributed by atoms with E-state index in [-0.39, 0.29) is 0 Å². The lowest BCUT2D eigenvalue weighted by Crippen LogP contribution is -1.92. The van der Waals surface area contributed by atoms with Gasteiger partial charge in [0, 0.05) is 40.8 Å². The zero-order valence-electron chi connectivity index (χ0n) is 15.7. The molecular formula is C24H15N3O3. The molecule has 3 heterocycles. The van der Waals surface area contributed by atoms with E-state index >= 15 is 0 Å². The zero-order valence-corrected chi connectivity index (χ0v) is 15.7. The molecule has 4 rings (SSSR count). The van der Waals surface area contributed by atoms with Crippen LogP contribution >= 0.6 is 0 Å². The lowest BCUT2D eigenvalue weighted by molar-refractivity contribution is 0.111. The fraction of sp³-hybridized carbons (Fsp3) is 0. The van der Waals surface area contributed by atoms with E-state index in [1.807, 2.05) is 30.3 Å². The molecule has 0 N–H and O–H groups in total. The number of hydrogen-bond acceptors (Lipinski definition) is 6. The third-order valence-corrected chi connectivity index (χ3v) is 4.63. The lowest BCUT2D eigenvalue weighted by Gasteiger charge is -2.11. The van der Waals surface area contributed by atoms with Crippen LogP contribution in [0.1, 0.15) is 31.3 Å². The minimum Gasteiger partial charge on any atom is -0.298 e. The Morgan fingerprint density at radius 1 is 0.500 bits per heavy atom. The molecule has 6 heteroatoms. The summed E-state index contributed by atoms with van der Waals surface area (Å²) in [6, 6.07) is 16.4. The molecule has 0 atom stereocenters. The summed E-state index contributed by atoms with van der Waals surface area (Å²) in [4.78, 5) is 45.4. The number of carbonyl (C=O) groups is 3. The van der Waals surface area contributed by atoms with Crippen molar-refractivity contribution >= 4 is 18.9 Å². The normalized spacial score (nSPS) is 10.4. The van der Waals surface area contributed by atoms with Crippen molar-refractivity contribution in [1.29, 1.82) is 0 Å².